The van der Waals surface area contributed by atoms with E-state index < -0.39 is 17.2 Å². The zero-order valence-electron chi connectivity index (χ0n) is 11.5. The van der Waals surface area contributed by atoms with E-state index in [0.29, 0.717) is 12.0 Å². The van der Waals surface area contributed by atoms with Gasteiger partial charge in [0.05, 0.1) is 5.92 Å². The number of hydrogen-bond donors (Lipinski definition) is 0. The molecule has 108 valence electrons. The van der Waals surface area contributed by atoms with E-state index in [1.807, 2.05) is 13.8 Å². The van der Waals surface area contributed by atoms with E-state index in [1.165, 1.54) is 0 Å². The average Bonchev–Trinajstić information content (AvgIpc) is 2.40. The molecule has 4 heteroatoms. The summed E-state index contributed by atoms with van der Waals surface area (Å²) in [7, 11) is 0. The summed E-state index contributed by atoms with van der Waals surface area (Å²) in [6, 6.07) is 8.58. The number of carbonyl (C=O) groups is 1. The summed E-state index contributed by atoms with van der Waals surface area (Å²) in [4.78, 5) is 12.5. The van der Waals surface area contributed by atoms with Gasteiger partial charge < -0.3 is 0 Å². The van der Waals surface area contributed by atoms with Gasteiger partial charge in [-0.3, -0.25) is 4.79 Å². The molecule has 0 N–H and O–H groups in total. The van der Waals surface area contributed by atoms with Crippen molar-refractivity contribution in [1.29, 1.82) is 0 Å². The quantitative estimate of drug-likeness (QED) is 0.433. The van der Waals surface area contributed by atoms with Crippen LogP contribution in [-0.4, -0.2) is 11.2 Å². The molecule has 0 fully saturated rings. The Bertz CT molecular complexity index is 531. The van der Waals surface area contributed by atoms with E-state index >= 15 is 0 Å². The average molecular weight is 299 g/mol. The van der Waals surface area contributed by atoms with Crippen molar-refractivity contribution in [3.63, 3.8) is 0 Å². The normalized spacial score (nSPS) is 23.9. The third-order valence-electron chi connectivity index (χ3n) is 4.08. The van der Waals surface area contributed by atoms with Crippen molar-refractivity contribution in [2.24, 2.45) is 11.8 Å². The first-order chi connectivity index (χ1) is 9.30. The summed E-state index contributed by atoms with van der Waals surface area (Å²) in [5, 5.41) is -3.36. The van der Waals surface area contributed by atoms with E-state index in [9.17, 15) is 13.6 Å². The summed E-state index contributed by atoms with van der Waals surface area (Å²) in [6.45, 7) is 3.72. The van der Waals surface area contributed by atoms with Crippen molar-refractivity contribution < 1.29 is 13.6 Å². The highest BCUT2D eigenvalue weighted by molar-refractivity contribution is 6.22. The van der Waals surface area contributed by atoms with Crippen molar-refractivity contribution in [2.75, 3.05) is 0 Å². The van der Waals surface area contributed by atoms with Crippen molar-refractivity contribution >= 4 is 17.4 Å². The van der Waals surface area contributed by atoms with Crippen molar-refractivity contribution in [2.45, 2.75) is 32.1 Å². The number of halogens is 3. The second-order valence-corrected chi connectivity index (χ2v) is 5.96. The van der Waals surface area contributed by atoms with Crippen molar-refractivity contribution in [1.82, 2.24) is 0 Å². The van der Waals surface area contributed by atoms with Gasteiger partial charge in [-0.2, -0.15) is 8.78 Å². The molecule has 0 unspecified atom stereocenters. The van der Waals surface area contributed by atoms with Gasteiger partial charge >= 0.3 is 5.38 Å². The molecule has 0 aliphatic heterocycles. The van der Waals surface area contributed by atoms with Crippen LogP contribution in [0.25, 0.3) is 0 Å². The molecule has 0 heterocycles. The number of allylic oxidation sites excluding steroid dienone is 2. The van der Waals surface area contributed by atoms with Crippen LogP contribution in [0.1, 0.15) is 37.0 Å². The standard InChI is InChI=1S/C16H17ClF2O/c1-10-8-13(14(9-11(10)2)16(17,18)19)15(20)12-6-4-3-5-7-12/h3-7,13-14H,8-9H2,1-2H3/t13-,14-/m0/s1. The topological polar surface area (TPSA) is 17.1 Å². The Kier molecular flexibility index (Phi) is 4.28. The van der Waals surface area contributed by atoms with Crippen molar-refractivity contribution in [3.8, 4) is 0 Å². The van der Waals surface area contributed by atoms with E-state index in [0.717, 1.165) is 11.1 Å². The Balaban J connectivity index is 2.35. The smallest absolute Gasteiger partial charge is 0.294 e. The van der Waals surface area contributed by atoms with Crippen LogP contribution in [0.5, 0.6) is 0 Å². The molecule has 0 bridgehead atoms. The SMILES string of the molecule is CC1=C(C)C[C@H](C(F)(F)Cl)[C@@H](C(=O)c2ccccc2)C1. The zero-order chi connectivity index (χ0) is 14.9. The Hall–Kier alpha value is -1.22. The number of alkyl halides is 3. The molecule has 20 heavy (non-hydrogen) atoms. The Morgan fingerprint density at radius 3 is 2.25 bits per heavy atom. The Morgan fingerprint density at radius 1 is 1.15 bits per heavy atom. The molecule has 0 amide bonds. The second-order valence-electron chi connectivity index (χ2n) is 5.45. The van der Waals surface area contributed by atoms with Crippen LogP contribution in [0, 0.1) is 11.8 Å². The highest BCUT2D eigenvalue weighted by atomic mass is 35.5. The number of rotatable bonds is 3. The maximum atomic E-state index is 13.6. The lowest BCUT2D eigenvalue weighted by Crippen LogP contribution is -2.37. The number of ketones is 1. The number of Topliss-reactive ketones (excluding diaryl/α,β-unsaturated/α-hetero) is 1. The lowest BCUT2D eigenvalue weighted by molar-refractivity contribution is -0.00140. The molecule has 2 rings (SSSR count). The first kappa shape index (κ1) is 15.2. The first-order valence-electron chi connectivity index (χ1n) is 6.62. The molecule has 1 aromatic carbocycles. The third kappa shape index (κ3) is 3.09. The maximum Gasteiger partial charge on any atom is 0.325 e. The molecule has 0 saturated carbocycles. The van der Waals surface area contributed by atoms with Gasteiger partial charge in [-0.25, -0.2) is 0 Å². The third-order valence-corrected chi connectivity index (χ3v) is 4.36. The number of hydrogen-bond acceptors (Lipinski definition) is 1. The second kappa shape index (κ2) is 5.65. The van der Waals surface area contributed by atoms with Gasteiger partial charge in [-0.05, 0) is 38.3 Å². The highest BCUT2D eigenvalue weighted by Crippen LogP contribution is 2.45. The Labute approximate surface area is 122 Å². The fraction of sp³-hybridized carbons (Fsp3) is 0.438. The maximum absolute atomic E-state index is 13.6. The van der Waals surface area contributed by atoms with Gasteiger partial charge in [-0.1, -0.05) is 41.5 Å². The molecular weight excluding hydrogens is 282 g/mol. The van der Waals surface area contributed by atoms with Crippen LogP contribution in [0.2, 0.25) is 0 Å². The molecule has 1 aromatic rings. The van der Waals surface area contributed by atoms with E-state index in [-0.39, 0.29) is 12.2 Å². The van der Waals surface area contributed by atoms with Crippen LogP contribution in [-0.2, 0) is 0 Å². The van der Waals surface area contributed by atoms with Crippen LogP contribution in [0.3, 0.4) is 0 Å². The lowest BCUT2D eigenvalue weighted by atomic mass is 9.73. The van der Waals surface area contributed by atoms with Gasteiger partial charge in [0.15, 0.2) is 5.78 Å². The van der Waals surface area contributed by atoms with Crippen LogP contribution in [0.4, 0.5) is 8.78 Å². The minimum absolute atomic E-state index is 0.172. The Morgan fingerprint density at radius 2 is 1.70 bits per heavy atom. The molecule has 1 nitrogen and oxygen atoms in total. The summed E-state index contributed by atoms with van der Waals surface area (Å²) in [5.41, 5.74) is 2.39. The van der Waals surface area contributed by atoms with E-state index in [2.05, 4.69) is 0 Å². The van der Waals surface area contributed by atoms with Gasteiger partial charge in [0.2, 0.25) is 0 Å². The molecule has 0 saturated heterocycles. The molecule has 1 aliphatic carbocycles. The monoisotopic (exact) mass is 298 g/mol. The fourth-order valence-electron chi connectivity index (χ4n) is 2.73. The number of carbonyl (C=O) groups excluding carboxylic acids is 1. The molecule has 0 radical (unpaired) electrons. The first-order valence-corrected chi connectivity index (χ1v) is 6.99. The van der Waals surface area contributed by atoms with Crippen LogP contribution >= 0.6 is 11.6 Å². The molecule has 2 atom stereocenters. The van der Waals surface area contributed by atoms with E-state index in [1.54, 1.807) is 30.3 Å². The van der Waals surface area contributed by atoms with Crippen LogP contribution < -0.4 is 0 Å². The summed E-state index contributed by atoms with van der Waals surface area (Å²) in [5.74, 6) is -2.14. The number of benzene rings is 1. The van der Waals surface area contributed by atoms with E-state index in [4.69, 9.17) is 11.6 Å². The predicted octanol–water partition coefficient (Wildman–Crippen LogP) is 5.06. The van der Waals surface area contributed by atoms with Crippen molar-refractivity contribution in [3.05, 3.63) is 47.0 Å². The minimum Gasteiger partial charge on any atom is -0.294 e. The predicted molar refractivity (Wildman–Crippen MR) is 76.2 cm³/mol. The van der Waals surface area contributed by atoms with Gasteiger partial charge in [-0.15, -0.1) is 0 Å². The zero-order valence-corrected chi connectivity index (χ0v) is 12.3. The van der Waals surface area contributed by atoms with Gasteiger partial charge in [0.25, 0.3) is 0 Å². The molecular formula is C16H17ClF2O. The minimum atomic E-state index is -3.36. The largest absolute Gasteiger partial charge is 0.325 e. The molecule has 0 spiro atoms. The van der Waals surface area contributed by atoms with Crippen LogP contribution in [0.15, 0.2) is 41.5 Å². The van der Waals surface area contributed by atoms with Gasteiger partial charge in [0.1, 0.15) is 0 Å². The summed E-state index contributed by atoms with van der Waals surface area (Å²) < 4.78 is 27.3. The van der Waals surface area contributed by atoms with Gasteiger partial charge in [0, 0.05) is 11.5 Å². The summed E-state index contributed by atoms with van der Waals surface area (Å²) >= 11 is 5.24. The highest BCUT2D eigenvalue weighted by Gasteiger charge is 2.47. The molecule has 1 aliphatic rings. The summed E-state index contributed by atoms with van der Waals surface area (Å²) in [6.07, 6.45) is 0.526. The molecule has 0 aromatic heterocycles. The fourth-order valence-corrected chi connectivity index (χ4v) is 2.96. The lowest BCUT2D eigenvalue weighted by Gasteiger charge is -2.34.